The van der Waals surface area contributed by atoms with Gasteiger partial charge in [0.05, 0.1) is 15.3 Å². The van der Waals surface area contributed by atoms with Crippen LogP contribution in [0.25, 0.3) is 0 Å². The van der Waals surface area contributed by atoms with E-state index in [1.165, 1.54) is 23.7 Å². The van der Waals surface area contributed by atoms with Gasteiger partial charge >= 0.3 is 0 Å². The molecule has 1 fully saturated rings. The number of likely N-dealkylation sites (N-methyl/N-ethyl adjacent to an activating group) is 1. The number of nitrogens with one attached hydrogen (secondary N) is 1. The van der Waals surface area contributed by atoms with Gasteiger partial charge in [0.25, 0.3) is 5.91 Å². The van der Waals surface area contributed by atoms with E-state index in [-0.39, 0.29) is 11.5 Å². The Morgan fingerprint density at radius 1 is 1.21 bits per heavy atom. The number of amides is 2. The minimum absolute atomic E-state index is 0.107. The monoisotopic (exact) mass is 431 g/mol. The molecular weight excluding hydrogens is 417 g/mol. The second-order valence-corrected chi connectivity index (χ2v) is 7.88. The molecule has 0 saturated carbocycles. The molecule has 1 unspecified atom stereocenters. The van der Waals surface area contributed by atoms with Crippen LogP contribution in [0.3, 0.4) is 0 Å². The first-order valence-corrected chi connectivity index (χ1v) is 9.96. The second-order valence-electron chi connectivity index (χ2n) is 5.90. The number of carbonyl (C=O) groups excluding carboxylic acids is 2. The highest BCUT2D eigenvalue weighted by atomic mass is 35.5. The van der Waals surface area contributed by atoms with Crippen molar-refractivity contribution in [1.82, 2.24) is 5.32 Å². The quantitative estimate of drug-likeness (QED) is 0.582. The Bertz CT molecular complexity index is 1000. The Morgan fingerprint density at radius 3 is 2.57 bits per heavy atom. The molecule has 5 nitrogen and oxygen atoms in total. The number of thioether (sulfide) groups is 1. The predicted molar refractivity (Wildman–Crippen MR) is 112 cm³/mol. The van der Waals surface area contributed by atoms with Gasteiger partial charge in [-0.3, -0.25) is 14.5 Å². The fourth-order valence-corrected chi connectivity index (χ4v) is 4.52. The van der Waals surface area contributed by atoms with Gasteiger partial charge in [-0.25, -0.2) is 0 Å². The Balaban J connectivity index is 2.05. The topological polar surface area (TPSA) is 73.2 Å². The van der Waals surface area contributed by atoms with Crippen molar-refractivity contribution in [1.29, 1.82) is 5.26 Å². The van der Waals surface area contributed by atoms with Gasteiger partial charge < -0.3 is 5.32 Å². The van der Waals surface area contributed by atoms with Crippen LogP contribution in [0, 0.1) is 11.3 Å². The van der Waals surface area contributed by atoms with Crippen molar-refractivity contribution in [2.24, 2.45) is 0 Å². The molecule has 1 aliphatic rings. The first-order valence-electron chi connectivity index (χ1n) is 8.33. The van der Waals surface area contributed by atoms with Gasteiger partial charge in [0.2, 0.25) is 5.91 Å². The van der Waals surface area contributed by atoms with Crippen molar-refractivity contribution in [2.75, 3.05) is 11.9 Å². The zero-order chi connectivity index (χ0) is 20.3. The van der Waals surface area contributed by atoms with Crippen molar-refractivity contribution in [3.63, 3.8) is 0 Å². The van der Waals surface area contributed by atoms with Crippen molar-refractivity contribution in [3.05, 3.63) is 74.7 Å². The molecule has 1 saturated heterocycles. The molecule has 1 atom stereocenters. The predicted octanol–water partition coefficient (Wildman–Crippen LogP) is 4.17. The number of benzene rings is 2. The van der Waals surface area contributed by atoms with Crippen LogP contribution in [0.5, 0.6) is 0 Å². The normalized spacial score (nSPS) is 18.0. The number of halogens is 2. The summed E-state index contributed by atoms with van der Waals surface area (Å²) in [4.78, 5) is 26.8. The van der Waals surface area contributed by atoms with Gasteiger partial charge in [0.1, 0.15) is 16.7 Å². The zero-order valence-corrected chi connectivity index (χ0v) is 17.1. The molecule has 0 aliphatic carbocycles. The first-order chi connectivity index (χ1) is 13.5. The van der Waals surface area contributed by atoms with Crippen molar-refractivity contribution in [2.45, 2.75) is 11.7 Å². The minimum atomic E-state index is -0.542. The third-order valence-electron chi connectivity index (χ3n) is 4.18. The fourth-order valence-electron chi connectivity index (χ4n) is 2.83. The molecule has 1 aliphatic heterocycles. The molecule has 1 heterocycles. The lowest BCUT2D eigenvalue weighted by atomic mass is 10.1. The Morgan fingerprint density at radius 2 is 1.93 bits per heavy atom. The average molecular weight is 432 g/mol. The van der Waals surface area contributed by atoms with E-state index in [0.717, 1.165) is 5.56 Å². The number of nitriles is 1. The molecule has 142 valence electrons. The molecule has 28 heavy (non-hydrogen) atoms. The van der Waals surface area contributed by atoms with Crippen LogP contribution in [0.2, 0.25) is 10.0 Å². The Labute approximate surface area is 176 Å². The van der Waals surface area contributed by atoms with Crippen LogP contribution in [-0.4, -0.2) is 24.1 Å². The smallest absolute Gasteiger partial charge is 0.264 e. The molecule has 0 aromatic heterocycles. The molecular formula is C20H15Cl2N3O2S. The van der Waals surface area contributed by atoms with E-state index < -0.39 is 11.2 Å². The number of nitrogens with zero attached hydrogens (tertiary/aromatic N) is 2. The van der Waals surface area contributed by atoms with Gasteiger partial charge in [-0.2, -0.15) is 5.26 Å². The molecule has 0 bridgehead atoms. The summed E-state index contributed by atoms with van der Waals surface area (Å²) in [6.07, 6.45) is 0.322. The highest BCUT2D eigenvalue weighted by molar-refractivity contribution is 8.05. The molecule has 8 heteroatoms. The van der Waals surface area contributed by atoms with Crippen LogP contribution in [0.4, 0.5) is 5.69 Å². The highest BCUT2D eigenvalue weighted by Gasteiger charge is 2.40. The largest absolute Gasteiger partial charge is 0.354 e. The summed E-state index contributed by atoms with van der Waals surface area (Å²) in [6.45, 7) is 0. The summed E-state index contributed by atoms with van der Waals surface area (Å²) in [5.41, 5.74) is 1.21. The standard InChI is InChI=1S/C20H15Cl2N3O2S/c1-24-18(26)14(11-23)20-25(13-7-3-2-4-8-13)19(27)16(28-20)10-12-6-5-9-15(21)17(12)22/h2-9,16H,10H2,1H3,(H,24,26)/b20-14+. The lowest BCUT2D eigenvalue weighted by Gasteiger charge is -2.18. The minimum Gasteiger partial charge on any atom is -0.354 e. The van der Waals surface area contributed by atoms with E-state index in [9.17, 15) is 14.9 Å². The summed E-state index contributed by atoms with van der Waals surface area (Å²) in [7, 11) is 1.44. The summed E-state index contributed by atoms with van der Waals surface area (Å²) >= 11 is 13.5. The summed E-state index contributed by atoms with van der Waals surface area (Å²) < 4.78 is 0. The molecule has 0 spiro atoms. The summed E-state index contributed by atoms with van der Waals surface area (Å²) in [6, 6.07) is 16.1. The van der Waals surface area contributed by atoms with Gasteiger partial charge in [0.15, 0.2) is 0 Å². The van der Waals surface area contributed by atoms with Gasteiger partial charge in [-0.05, 0) is 30.2 Å². The number of hydrogen-bond acceptors (Lipinski definition) is 4. The van der Waals surface area contributed by atoms with Crippen molar-refractivity contribution >= 4 is 52.5 Å². The van der Waals surface area contributed by atoms with Crippen LogP contribution >= 0.6 is 35.0 Å². The highest BCUT2D eigenvalue weighted by Crippen LogP contribution is 2.42. The number of carbonyl (C=O) groups is 2. The van der Waals surface area contributed by atoms with E-state index in [1.807, 2.05) is 12.1 Å². The van der Waals surface area contributed by atoms with E-state index in [2.05, 4.69) is 5.32 Å². The maximum Gasteiger partial charge on any atom is 0.264 e. The van der Waals surface area contributed by atoms with Crippen LogP contribution in [0.15, 0.2) is 59.1 Å². The maximum atomic E-state index is 13.2. The van der Waals surface area contributed by atoms with Crippen LogP contribution in [-0.2, 0) is 16.0 Å². The second kappa shape index (κ2) is 8.70. The third kappa shape index (κ3) is 3.88. The van der Waals surface area contributed by atoms with E-state index in [4.69, 9.17) is 23.2 Å². The Hall–Kier alpha value is -2.46. The Kier molecular flexibility index (Phi) is 6.30. The third-order valence-corrected chi connectivity index (χ3v) is 6.30. The molecule has 2 amide bonds. The lowest BCUT2D eigenvalue weighted by molar-refractivity contribution is -0.117. The van der Waals surface area contributed by atoms with Crippen LogP contribution in [0.1, 0.15) is 5.56 Å². The number of para-hydroxylation sites is 1. The number of rotatable bonds is 4. The number of hydrogen-bond donors (Lipinski definition) is 1. The molecule has 2 aromatic carbocycles. The average Bonchev–Trinajstić information content (AvgIpc) is 3.02. The zero-order valence-electron chi connectivity index (χ0n) is 14.8. The van der Waals surface area contributed by atoms with E-state index in [1.54, 1.807) is 42.5 Å². The van der Waals surface area contributed by atoms with E-state index >= 15 is 0 Å². The first kappa shape index (κ1) is 20.3. The molecule has 3 rings (SSSR count). The van der Waals surface area contributed by atoms with Crippen molar-refractivity contribution in [3.8, 4) is 6.07 Å². The fraction of sp³-hybridized carbons (Fsp3) is 0.150. The summed E-state index contributed by atoms with van der Waals surface area (Å²) in [5.74, 6) is -0.765. The molecule has 1 N–H and O–H groups in total. The SMILES string of the molecule is CNC(=O)/C(C#N)=C1/SC(Cc2cccc(Cl)c2Cl)C(=O)N1c1ccccc1. The maximum absolute atomic E-state index is 13.2. The van der Waals surface area contributed by atoms with Crippen LogP contribution < -0.4 is 10.2 Å². The van der Waals surface area contributed by atoms with Gasteiger partial charge in [-0.1, -0.05) is 65.3 Å². The van der Waals surface area contributed by atoms with Gasteiger partial charge in [0, 0.05) is 12.7 Å². The lowest BCUT2D eigenvalue weighted by Crippen LogP contribution is -2.31. The van der Waals surface area contributed by atoms with E-state index in [0.29, 0.717) is 27.2 Å². The number of anilines is 1. The molecule has 0 radical (unpaired) electrons. The van der Waals surface area contributed by atoms with Gasteiger partial charge in [-0.15, -0.1) is 0 Å². The summed E-state index contributed by atoms with van der Waals surface area (Å²) in [5, 5.41) is 12.6. The van der Waals surface area contributed by atoms with Crippen molar-refractivity contribution < 1.29 is 9.59 Å². The molecule has 2 aromatic rings.